The van der Waals surface area contributed by atoms with Crippen LogP contribution in [0.2, 0.25) is 0 Å². The third-order valence-corrected chi connectivity index (χ3v) is 7.23. The Morgan fingerprint density at radius 3 is 2.28 bits per heavy atom. The van der Waals surface area contributed by atoms with Crippen LogP contribution >= 0.6 is 0 Å². The van der Waals surface area contributed by atoms with Crippen molar-refractivity contribution in [2.24, 2.45) is 0 Å². The van der Waals surface area contributed by atoms with Crippen LogP contribution in [0.3, 0.4) is 0 Å². The van der Waals surface area contributed by atoms with E-state index in [1.807, 2.05) is 0 Å². The predicted molar refractivity (Wildman–Crippen MR) is 118 cm³/mol. The van der Waals surface area contributed by atoms with Crippen LogP contribution in [0.25, 0.3) is 0 Å². The second-order valence-electron chi connectivity index (χ2n) is 7.41. The molecule has 3 rings (SSSR count). The number of Topliss-reactive ketones (excluding diaryl/α,β-unsaturated/α-hetero) is 1. The first-order valence-electron chi connectivity index (χ1n) is 10.3. The summed E-state index contributed by atoms with van der Waals surface area (Å²) in [5.74, 6) is -0.00191. The smallest absolute Gasteiger partial charge is 0.306 e. The number of rotatable bonds is 10. The summed E-state index contributed by atoms with van der Waals surface area (Å²) in [7, 11) is -0.500. The van der Waals surface area contributed by atoms with Gasteiger partial charge >= 0.3 is 5.97 Å². The number of aryl methyl sites for hydroxylation is 1. The van der Waals surface area contributed by atoms with Crippen LogP contribution < -0.4 is 9.47 Å². The van der Waals surface area contributed by atoms with E-state index in [0.29, 0.717) is 36.6 Å². The zero-order valence-corrected chi connectivity index (χ0v) is 19.0. The van der Waals surface area contributed by atoms with E-state index >= 15 is 0 Å². The molecule has 2 aromatic rings. The van der Waals surface area contributed by atoms with Gasteiger partial charge in [0.15, 0.2) is 6.61 Å². The number of carbonyl (C=O) groups is 2. The van der Waals surface area contributed by atoms with Crippen molar-refractivity contribution in [3.8, 4) is 11.5 Å². The lowest BCUT2D eigenvalue weighted by molar-refractivity contribution is -0.142. The van der Waals surface area contributed by atoms with Crippen molar-refractivity contribution in [1.29, 1.82) is 0 Å². The van der Waals surface area contributed by atoms with Gasteiger partial charge in [0.25, 0.3) is 0 Å². The number of nitrogens with zero attached hydrogens (tertiary/aromatic N) is 1. The molecule has 0 unspecified atom stereocenters. The van der Waals surface area contributed by atoms with E-state index in [1.165, 1.54) is 18.5 Å². The van der Waals surface area contributed by atoms with Crippen molar-refractivity contribution in [1.82, 2.24) is 4.31 Å². The van der Waals surface area contributed by atoms with Gasteiger partial charge in [-0.25, -0.2) is 8.42 Å². The van der Waals surface area contributed by atoms with E-state index in [1.54, 1.807) is 42.5 Å². The molecule has 0 radical (unpaired) electrons. The molecule has 8 nitrogen and oxygen atoms in total. The quantitative estimate of drug-likeness (QED) is 0.396. The number of ketones is 1. The van der Waals surface area contributed by atoms with Crippen molar-refractivity contribution >= 4 is 21.8 Å². The van der Waals surface area contributed by atoms with Crippen LogP contribution in [0, 0.1) is 0 Å². The molecular weight excluding hydrogens is 434 g/mol. The predicted octanol–water partition coefficient (Wildman–Crippen LogP) is 2.85. The summed E-state index contributed by atoms with van der Waals surface area (Å²) in [6.07, 6.45) is 2.22. The molecule has 1 heterocycles. The molecule has 0 N–H and O–H groups in total. The van der Waals surface area contributed by atoms with Crippen LogP contribution in [-0.4, -0.2) is 58.4 Å². The van der Waals surface area contributed by atoms with Crippen LogP contribution in [0.15, 0.2) is 47.4 Å². The highest BCUT2D eigenvalue weighted by molar-refractivity contribution is 7.89. The number of ether oxygens (including phenoxy) is 3. The lowest BCUT2D eigenvalue weighted by Crippen LogP contribution is -2.27. The van der Waals surface area contributed by atoms with Crippen LogP contribution in [0.4, 0.5) is 0 Å². The van der Waals surface area contributed by atoms with Crippen LogP contribution in [0.1, 0.15) is 35.2 Å². The van der Waals surface area contributed by atoms with Gasteiger partial charge in [0, 0.05) is 25.6 Å². The lowest BCUT2D eigenvalue weighted by Gasteiger charge is -2.15. The molecule has 172 valence electrons. The average molecular weight is 462 g/mol. The molecule has 0 atom stereocenters. The first-order chi connectivity index (χ1) is 15.3. The Bertz CT molecular complexity index is 1060. The average Bonchev–Trinajstić information content (AvgIpc) is 3.37. The summed E-state index contributed by atoms with van der Waals surface area (Å²) in [6.45, 7) is 0.711. The Morgan fingerprint density at radius 2 is 1.66 bits per heavy atom. The summed E-state index contributed by atoms with van der Waals surface area (Å²) >= 11 is 0. The van der Waals surface area contributed by atoms with Gasteiger partial charge in [0.1, 0.15) is 11.5 Å². The molecule has 0 bridgehead atoms. The SMILES string of the molecule is COc1ccc(C(=O)COC(=O)CCc2ccc(S(=O)(=O)N3CCCC3)cc2)c(OC)c1. The number of benzene rings is 2. The first-order valence-corrected chi connectivity index (χ1v) is 11.8. The Labute approximate surface area is 188 Å². The number of sulfonamides is 1. The highest BCUT2D eigenvalue weighted by atomic mass is 32.2. The number of hydrogen-bond donors (Lipinski definition) is 0. The van der Waals surface area contributed by atoms with Gasteiger partial charge in [-0.15, -0.1) is 0 Å². The maximum absolute atomic E-state index is 12.6. The number of carbonyl (C=O) groups excluding carboxylic acids is 2. The minimum absolute atomic E-state index is 0.0747. The van der Waals surface area contributed by atoms with E-state index < -0.39 is 22.6 Å². The fourth-order valence-electron chi connectivity index (χ4n) is 3.48. The number of hydrogen-bond acceptors (Lipinski definition) is 7. The monoisotopic (exact) mass is 461 g/mol. The van der Waals surface area contributed by atoms with Gasteiger partial charge < -0.3 is 14.2 Å². The molecule has 2 aromatic carbocycles. The highest BCUT2D eigenvalue weighted by Gasteiger charge is 2.26. The van der Waals surface area contributed by atoms with E-state index in [9.17, 15) is 18.0 Å². The molecule has 0 amide bonds. The van der Waals surface area contributed by atoms with E-state index in [4.69, 9.17) is 14.2 Å². The summed E-state index contributed by atoms with van der Waals surface area (Å²) < 4.78 is 42.0. The van der Waals surface area contributed by atoms with Gasteiger partial charge in [-0.2, -0.15) is 4.31 Å². The third-order valence-electron chi connectivity index (χ3n) is 5.32. The fraction of sp³-hybridized carbons (Fsp3) is 0.391. The van der Waals surface area contributed by atoms with Crippen molar-refractivity contribution in [2.45, 2.75) is 30.6 Å². The normalized spacial score (nSPS) is 14.2. The Kier molecular flexibility index (Phi) is 7.87. The molecule has 0 spiro atoms. The summed E-state index contributed by atoms with van der Waals surface area (Å²) in [4.78, 5) is 24.7. The number of esters is 1. The molecule has 1 saturated heterocycles. The van der Waals surface area contributed by atoms with Gasteiger partial charge in [0.05, 0.1) is 24.7 Å². The minimum Gasteiger partial charge on any atom is -0.497 e. The van der Waals surface area contributed by atoms with Crippen LogP contribution in [0.5, 0.6) is 11.5 Å². The van der Waals surface area contributed by atoms with Crippen LogP contribution in [-0.2, 0) is 26.0 Å². The Hall–Kier alpha value is -2.91. The van der Waals surface area contributed by atoms with Gasteiger partial charge in [-0.3, -0.25) is 9.59 Å². The molecule has 0 aliphatic carbocycles. The summed E-state index contributed by atoms with van der Waals surface area (Å²) in [6, 6.07) is 11.3. The van der Waals surface area contributed by atoms with Crippen molar-refractivity contribution in [3.05, 3.63) is 53.6 Å². The molecule has 0 aromatic heterocycles. The fourth-order valence-corrected chi connectivity index (χ4v) is 4.99. The maximum atomic E-state index is 12.6. The second-order valence-corrected chi connectivity index (χ2v) is 9.34. The van der Waals surface area contributed by atoms with E-state index in [2.05, 4.69) is 0 Å². The third kappa shape index (κ3) is 5.66. The molecule has 1 aliphatic rings. The Balaban J connectivity index is 1.50. The lowest BCUT2D eigenvalue weighted by atomic mass is 10.1. The topological polar surface area (TPSA) is 99.2 Å². The van der Waals surface area contributed by atoms with Crippen molar-refractivity contribution < 1.29 is 32.2 Å². The summed E-state index contributed by atoms with van der Waals surface area (Å²) in [5.41, 5.74) is 1.11. The minimum atomic E-state index is -3.46. The first kappa shape index (κ1) is 23.7. The van der Waals surface area contributed by atoms with E-state index in [-0.39, 0.29) is 17.1 Å². The molecule has 1 aliphatic heterocycles. The standard InChI is InChI=1S/C23H27NO7S/c1-29-18-8-11-20(22(15-18)30-2)21(25)16-31-23(26)12-7-17-5-9-19(10-6-17)32(27,28)24-13-3-4-14-24/h5-6,8-11,15H,3-4,7,12-14,16H2,1-2H3. The van der Waals surface area contributed by atoms with Crippen molar-refractivity contribution in [2.75, 3.05) is 33.9 Å². The largest absolute Gasteiger partial charge is 0.497 e. The molecule has 0 saturated carbocycles. The highest BCUT2D eigenvalue weighted by Crippen LogP contribution is 2.25. The van der Waals surface area contributed by atoms with Crippen molar-refractivity contribution in [3.63, 3.8) is 0 Å². The molecule has 1 fully saturated rings. The Morgan fingerprint density at radius 1 is 0.969 bits per heavy atom. The number of methoxy groups -OCH3 is 2. The van der Waals surface area contributed by atoms with Gasteiger partial charge in [-0.05, 0) is 49.1 Å². The second kappa shape index (κ2) is 10.6. The zero-order valence-electron chi connectivity index (χ0n) is 18.2. The molecule has 32 heavy (non-hydrogen) atoms. The van der Waals surface area contributed by atoms with Gasteiger partial charge in [0.2, 0.25) is 15.8 Å². The van der Waals surface area contributed by atoms with Gasteiger partial charge in [-0.1, -0.05) is 12.1 Å². The summed E-state index contributed by atoms with van der Waals surface area (Å²) in [5, 5.41) is 0. The maximum Gasteiger partial charge on any atom is 0.306 e. The van der Waals surface area contributed by atoms with E-state index in [0.717, 1.165) is 18.4 Å². The molecule has 9 heteroatoms. The zero-order chi connectivity index (χ0) is 23.1. The molecular formula is C23H27NO7S.